The third kappa shape index (κ3) is 5.10. The van der Waals surface area contributed by atoms with E-state index in [9.17, 15) is 8.42 Å². The highest BCUT2D eigenvalue weighted by atomic mass is 32.2. The monoisotopic (exact) mass is 422 g/mol. The summed E-state index contributed by atoms with van der Waals surface area (Å²) in [5.41, 5.74) is 3.58. The maximum absolute atomic E-state index is 12.5. The summed E-state index contributed by atoms with van der Waals surface area (Å²) in [4.78, 5) is 9.07. The van der Waals surface area contributed by atoms with E-state index in [1.54, 1.807) is 12.3 Å². The average molecular weight is 423 g/mol. The van der Waals surface area contributed by atoms with Crippen LogP contribution < -0.4 is 14.5 Å². The summed E-state index contributed by atoms with van der Waals surface area (Å²) in [6.07, 6.45) is 1.59. The minimum atomic E-state index is -3.49. The fourth-order valence-corrected chi connectivity index (χ4v) is 4.77. The van der Waals surface area contributed by atoms with Gasteiger partial charge in [0.05, 0.1) is 17.6 Å². The zero-order valence-corrected chi connectivity index (χ0v) is 17.8. The van der Waals surface area contributed by atoms with Crippen LogP contribution in [0.1, 0.15) is 11.1 Å². The van der Waals surface area contributed by atoms with Crippen LogP contribution in [0.25, 0.3) is 0 Å². The quantitative estimate of drug-likeness (QED) is 0.657. The Morgan fingerprint density at radius 1 is 0.867 bits per heavy atom. The van der Waals surface area contributed by atoms with Crippen molar-refractivity contribution in [2.75, 3.05) is 40.7 Å². The van der Waals surface area contributed by atoms with Crippen molar-refractivity contribution in [1.82, 2.24) is 4.98 Å². The number of benzene rings is 2. The van der Waals surface area contributed by atoms with Crippen molar-refractivity contribution in [3.8, 4) is 0 Å². The van der Waals surface area contributed by atoms with Crippen molar-refractivity contribution in [3.63, 3.8) is 0 Å². The van der Waals surface area contributed by atoms with Crippen molar-refractivity contribution in [3.05, 3.63) is 84.1 Å². The number of hydrogen-bond acceptors (Lipinski definition) is 5. The van der Waals surface area contributed by atoms with E-state index in [0.717, 1.165) is 43.1 Å². The normalized spacial score (nSPS) is 14.6. The van der Waals surface area contributed by atoms with Gasteiger partial charge in [-0.1, -0.05) is 48.0 Å². The molecule has 1 aromatic heterocycles. The number of pyridine rings is 1. The molecule has 2 aromatic carbocycles. The van der Waals surface area contributed by atoms with Gasteiger partial charge in [0.25, 0.3) is 0 Å². The first-order valence-electron chi connectivity index (χ1n) is 10.1. The van der Waals surface area contributed by atoms with Crippen LogP contribution in [0.2, 0.25) is 0 Å². The predicted molar refractivity (Wildman–Crippen MR) is 123 cm³/mol. The first-order valence-corrected chi connectivity index (χ1v) is 11.7. The molecule has 30 heavy (non-hydrogen) atoms. The molecule has 0 saturated carbocycles. The van der Waals surface area contributed by atoms with E-state index in [4.69, 9.17) is 0 Å². The van der Waals surface area contributed by atoms with Gasteiger partial charge in [0.2, 0.25) is 10.0 Å². The SMILES string of the molecule is Cc1ccc(CS(=O)(=O)Nc2ccc(N3CCN(c4ccccc4)CC3)nc2)cc1. The van der Waals surface area contributed by atoms with Crippen LogP contribution in [0.5, 0.6) is 0 Å². The van der Waals surface area contributed by atoms with Crippen LogP contribution in [0.3, 0.4) is 0 Å². The number of para-hydroxylation sites is 1. The van der Waals surface area contributed by atoms with Crippen LogP contribution >= 0.6 is 0 Å². The number of aromatic nitrogens is 1. The molecule has 1 aliphatic heterocycles. The van der Waals surface area contributed by atoms with E-state index < -0.39 is 10.0 Å². The first kappa shape index (κ1) is 20.2. The molecule has 0 atom stereocenters. The second kappa shape index (κ2) is 8.75. The Labute approximate surface area is 178 Å². The van der Waals surface area contributed by atoms with Gasteiger partial charge in [-0.25, -0.2) is 13.4 Å². The molecule has 3 aromatic rings. The molecule has 4 rings (SSSR count). The molecule has 1 N–H and O–H groups in total. The van der Waals surface area contributed by atoms with Crippen molar-refractivity contribution in [2.24, 2.45) is 0 Å². The third-order valence-corrected chi connectivity index (χ3v) is 6.48. The Morgan fingerprint density at radius 3 is 2.17 bits per heavy atom. The lowest BCUT2D eigenvalue weighted by Crippen LogP contribution is -2.46. The minimum Gasteiger partial charge on any atom is -0.368 e. The largest absolute Gasteiger partial charge is 0.368 e. The van der Waals surface area contributed by atoms with Crippen LogP contribution in [0.15, 0.2) is 72.9 Å². The molecule has 1 aliphatic rings. The van der Waals surface area contributed by atoms with Crippen LogP contribution in [-0.4, -0.2) is 39.6 Å². The van der Waals surface area contributed by atoms with E-state index in [-0.39, 0.29) is 5.75 Å². The van der Waals surface area contributed by atoms with E-state index in [2.05, 4.69) is 43.8 Å². The molecule has 0 radical (unpaired) electrons. The molecule has 7 heteroatoms. The molecular formula is C23H26N4O2S. The van der Waals surface area contributed by atoms with Gasteiger partial charge < -0.3 is 9.80 Å². The lowest BCUT2D eigenvalue weighted by Gasteiger charge is -2.36. The van der Waals surface area contributed by atoms with E-state index in [0.29, 0.717) is 5.69 Å². The molecule has 0 amide bonds. The molecule has 0 unspecified atom stereocenters. The van der Waals surface area contributed by atoms with Crippen molar-refractivity contribution >= 4 is 27.2 Å². The van der Waals surface area contributed by atoms with Gasteiger partial charge in [-0.05, 0) is 36.8 Å². The van der Waals surface area contributed by atoms with E-state index >= 15 is 0 Å². The van der Waals surface area contributed by atoms with E-state index in [1.165, 1.54) is 5.69 Å². The van der Waals surface area contributed by atoms with Gasteiger partial charge in [0, 0.05) is 31.9 Å². The summed E-state index contributed by atoms with van der Waals surface area (Å²) in [5.74, 6) is 0.806. The van der Waals surface area contributed by atoms with Gasteiger partial charge in [0.15, 0.2) is 0 Å². The molecule has 0 aliphatic carbocycles. The molecule has 6 nitrogen and oxygen atoms in total. The number of anilines is 3. The Balaban J connectivity index is 1.34. The third-order valence-electron chi connectivity index (χ3n) is 5.22. The van der Waals surface area contributed by atoms with Crippen molar-refractivity contribution in [1.29, 1.82) is 0 Å². The maximum Gasteiger partial charge on any atom is 0.236 e. The Bertz CT molecular complexity index is 1060. The van der Waals surface area contributed by atoms with Crippen LogP contribution in [-0.2, 0) is 15.8 Å². The Kier molecular flexibility index (Phi) is 5.90. The predicted octanol–water partition coefficient (Wildman–Crippen LogP) is 3.66. The number of nitrogens with zero attached hydrogens (tertiary/aromatic N) is 3. The summed E-state index contributed by atoms with van der Waals surface area (Å²) in [6, 6.07) is 21.6. The number of sulfonamides is 1. The lowest BCUT2D eigenvalue weighted by molar-refractivity contribution is 0.600. The highest BCUT2D eigenvalue weighted by Gasteiger charge is 2.18. The summed E-state index contributed by atoms with van der Waals surface area (Å²) >= 11 is 0. The fraction of sp³-hybridized carbons (Fsp3) is 0.261. The summed E-state index contributed by atoms with van der Waals surface area (Å²) in [7, 11) is -3.49. The molecule has 2 heterocycles. The Morgan fingerprint density at radius 2 is 1.53 bits per heavy atom. The van der Waals surface area contributed by atoms with Crippen LogP contribution in [0, 0.1) is 6.92 Å². The standard InChI is InChI=1S/C23H26N4O2S/c1-19-7-9-20(10-8-19)18-30(28,29)25-21-11-12-23(24-17-21)27-15-13-26(14-16-27)22-5-3-2-4-6-22/h2-12,17,25H,13-16,18H2,1H3. The highest BCUT2D eigenvalue weighted by Crippen LogP contribution is 2.21. The number of nitrogens with one attached hydrogen (secondary N) is 1. The second-order valence-electron chi connectivity index (χ2n) is 7.56. The highest BCUT2D eigenvalue weighted by molar-refractivity contribution is 7.91. The summed E-state index contributed by atoms with van der Waals surface area (Å²) in [6.45, 7) is 5.58. The second-order valence-corrected chi connectivity index (χ2v) is 9.28. The molecule has 0 spiro atoms. The van der Waals surface area contributed by atoms with Gasteiger partial charge >= 0.3 is 0 Å². The number of aryl methyl sites for hydroxylation is 1. The molecule has 0 bridgehead atoms. The molecular weight excluding hydrogens is 396 g/mol. The molecule has 1 saturated heterocycles. The maximum atomic E-state index is 12.5. The summed E-state index contributed by atoms with van der Waals surface area (Å²) < 4.78 is 27.5. The van der Waals surface area contributed by atoms with Gasteiger partial charge in [-0.3, -0.25) is 4.72 Å². The lowest BCUT2D eigenvalue weighted by atomic mass is 10.2. The number of piperazine rings is 1. The average Bonchev–Trinajstić information content (AvgIpc) is 2.76. The fourth-order valence-electron chi connectivity index (χ4n) is 3.59. The zero-order valence-electron chi connectivity index (χ0n) is 17.0. The summed E-state index contributed by atoms with van der Waals surface area (Å²) in [5, 5.41) is 0. The topological polar surface area (TPSA) is 65.5 Å². The van der Waals surface area contributed by atoms with Crippen LogP contribution in [0.4, 0.5) is 17.2 Å². The molecule has 156 valence electrons. The molecule has 1 fully saturated rings. The van der Waals surface area contributed by atoms with E-state index in [1.807, 2.05) is 43.3 Å². The number of hydrogen-bond donors (Lipinski definition) is 1. The van der Waals surface area contributed by atoms with Gasteiger partial charge in [-0.2, -0.15) is 0 Å². The van der Waals surface area contributed by atoms with Gasteiger partial charge in [-0.15, -0.1) is 0 Å². The van der Waals surface area contributed by atoms with Crippen molar-refractivity contribution < 1.29 is 8.42 Å². The Hall–Kier alpha value is -3.06. The first-order chi connectivity index (χ1) is 14.5. The van der Waals surface area contributed by atoms with Gasteiger partial charge in [0.1, 0.15) is 5.82 Å². The van der Waals surface area contributed by atoms with Crippen molar-refractivity contribution in [2.45, 2.75) is 12.7 Å². The minimum absolute atomic E-state index is 0.0591. The smallest absolute Gasteiger partial charge is 0.236 e. The zero-order chi connectivity index (χ0) is 21.0. The number of rotatable bonds is 6.